The van der Waals surface area contributed by atoms with Gasteiger partial charge in [-0.1, -0.05) is 17.7 Å². The minimum Gasteiger partial charge on any atom is -0.489 e. The maximum Gasteiger partial charge on any atom is 0.121 e. The smallest absolute Gasteiger partial charge is 0.121 e. The van der Waals surface area contributed by atoms with Gasteiger partial charge in [0, 0.05) is 11.4 Å². The summed E-state index contributed by atoms with van der Waals surface area (Å²) in [4.78, 5) is 0. The van der Waals surface area contributed by atoms with E-state index in [-0.39, 0.29) is 12.1 Å². The Morgan fingerprint density at radius 3 is 2.84 bits per heavy atom. The summed E-state index contributed by atoms with van der Waals surface area (Å²) < 4.78 is 11.1. The molecule has 19 heavy (non-hydrogen) atoms. The number of halogens is 1. The Hall–Kier alpha value is -1.49. The lowest BCUT2D eigenvalue weighted by atomic mass is 10.1. The molecule has 2 aromatic rings. The second-order valence-corrected chi connectivity index (χ2v) is 4.77. The lowest BCUT2D eigenvalue weighted by molar-refractivity contribution is 0.166. The Morgan fingerprint density at radius 1 is 1.37 bits per heavy atom. The number of benzene rings is 1. The van der Waals surface area contributed by atoms with Crippen molar-refractivity contribution in [2.75, 3.05) is 0 Å². The third-order valence-corrected chi connectivity index (χ3v) is 3.14. The average molecular weight is 281 g/mol. The Labute approximate surface area is 117 Å². The molecular weight excluding hydrogens is 264 g/mol. The molecule has 0 aliphatic heterocycles. The van der Waals surface area contributed by atoms with E-state index in [9.17, 15) is 0 Å². The van der Waals surface area contributed by atoms with Crippen molar-refractivity contribution in [2.24, 2.45) is 5.84 Å². The summed E-state index contributed by atoms with van der Waals surface area (Å²) in [6.07, 6.45) is 2.19. The Balaban J connectivity index is 1.98. The summed E-state index contributed by atoms with van der Waals surface area (Å²) >= 11 is 5.92. The number of ether oxygens (including phenoxy) is 1. The van der Waals surface area contributed by atoms with E-state index in [1.54, 1.807) is 18.4 Å². The number of hydrogen-bond donors (Lipinski definition) is 2. The summed E-state index contributed by atoms with van der Waals surface area (Å²) in [7, 11) is 0. The molecule has 0 aliphatic rings. The molecule has 0 saturated heterocycles. The van der Waals surface area contributed by atoms with E-state index < -0.39 is 0 Å². The molecule has 102 valence electrons. The highest BCUT2D eigenvalue weighted by molar-refractivity contribution is 6.30. The maximum atomic E-state index is 5.92. The van der Waals surface area contributed by atoms with Crippen molar-refractivity contribution in [1.29, 1.82) is 0 Å². The van der Waals surface area contributed by atoms with Crippen LogP contribution in [0.3, 0.4) is 0 Å². The molecule has 2 rings (SSSR count). The zero-order valence-electron chi connectivity index (χ0n) is 10.7. The molecule has 0 saturated carbocycles. The van der Waals surface area contributed by atoms with Gasteiger partial charge in [-0.05, 0) is 37.3 Å². The van der Waals surface area contributed by atoms with Gasteiger partial charge in [-0.25, -0.2) is 0 Å². The molecule has 2 unspecified atom stereocenters. The average Bonchev–Trinajstić information content (AvgIpc) is 2.88. The molecule has 0 aliphatic carbocycles. The van der Waals surface area contributed by atoms with Crippen molar-refractivity contribution in [3.63, 3.8) is 0 Å². The Kier molecular flexibility index (Phi) is 4.85. The second kappa shape index (κ2) is 6.61. The fourth-order valence-electron chi connectivity index (χ4n) is 1.84. The first-order valence-electron chi connectivity index (χ1n) is 6.10. The number of hydrazine groups is 1. The molecule has 4 nitrogen and oxygen atoms in total. The molecular formula is C14H17ClN2O2. The maximum absolute atomic E-state index is 5.92. The summed E-state index contributed by atoms with van der Waals surface area (Å²) in [5.74, 6) is 7.16. The molecule has 1 aromatic carbocycles. The second-order valence-electron chi connectivity index (χ2n) is 4.34. The fraction of sp³-hybridized carbons (Fsp3) is 0.286. The largest absolute Gasteiger partial charge is 0.489 e. The van der Waals surface area contributed by atoms with Crippen LogP contribution in [0.4, 0.5) is 0 Å². The van der Waals surface area contributed by atoms with Crippen molar-refractivity contribution in [2.45, 2.75) is 25.5 Å². The van der Waals surface area contributed by atoms with Gasteiger partial charge in [0.15, 0.2) is 0 Å². The molecule has 0 fully saturated rings. The number of furan rings is 1. The van der Waals surface area contributed by atoms with Crippen LogP contribution in [0.1, 0.15) is 12.7 Å². The van der Waals surface area contributed by atoms with Crippen molar-refractivity contribution in [1.82, 2.24) is 5.43 Å². The van der Waals surface area contributed by atoms with Gasteiger partial charge in [0.05, 0.1) is 12.3 Å². The summed E-state index contributed by atoms with van der Waals surface area (Å²) in [5, 5.41) is 0.646. The summed E-state index contributed by atoms with van der Waals surface area (Å²) in [5.41, 5.74) is 2.76. The van der Waals surface area contributed by atoms with Gasteiger partial charge in [-0.3, -0.25) is 11.3 Å². The molecule has 2 atom stereocenters. The van der Waals surface area contributed by atoms with Crippen LogP contribution in [-0.2, 0) is 6.42 Å². The van der Waals surface area contributed by atoms with Crippen LogP contribution >= 0.6 is 11.6 Å². The standard InChI is InChI=1S/C14H17ClN2O2/c1-10(19-13-5-2-4-11(15)8-13)14(17-16)9-12-6-3-7-18-12/h2-8,10,14,17H,9,16H2,1H3. The van der Waals surface area contributed by atoms with Crippen LogP contribution in [0, 0.1) is 0 Å². The van der Waals surface area contributed by atoms with E-state index in [4.69, 9.17) is 26.6 Å². The predicted molar refractivity (Wildman–Crippen MR) is 75.1 cm³/mol. The molecule has 0 amide bonds. The molecule has 1 heterocycles. The summed E-state index contributed by atoms with van der Waals surface area (Å²) in [6, 6.07) is 11.0. The zero-order chi connectivity index (χ0) is 13.7. The van der Waals surface area contributed by atoms with Crippen LogP contribution < -0.4 is 16.0 Å². The van der Waals surface area contributed by atoms with Gasteiger partial charge in [-0.15, -0.1) is 0 Å². The van der Waals surface area contributed by atoms with Gasteiger partial charge >= 0.3 is 0 Å². The zero-order valence-corrected chi connectivity index (χ0v) is 11.4. The van der Waals surface area contributed by atoms with Crippen LogP contribution in [-0.4, -0.2) is 12.1 Å². The van der Waals surface area contributed by atoms with Crippen molar-refractivity contribution >= 4 is 11.6 Å². The fourth-order valence-corrected chi connectivity index (χ4v) is 2.02. The SMILES string of the molecule is CC(Oc1cccc(Cl)c1)C(Cc1ccco1)NN. The van der Waals surface area contributed by atoms with E-state index in [1.165, 1.54) is 0 Å². The molecule has 0 spiro atoms. The van der Waals surface area contributed by atoms with Crippen LogP contribution in [0.25, 0.3) is 0 Å². The Morgan fingerprint density at radius 2 is 2.21 bits per heavy atom. The first-order chi connectivity index (χ1) is 9.19. The van der Waals surface area contributed by atoms with Gasteiger partial charge in [0.25, 0.3) is 0 Å². The monoisotopic (exact) mass is 280 g/mol. The van der Waals surface area contributed by atoms with Gasteiger partial charge < -0.3 is 9.15 Å². The third kappa shape index (κ3) is 3.99. The van der Waals surface area contributed by atoms with Crippen LogP contribution in [0.2, 0.25) is 5.02 Å². The molecule has 5 heteroatoms. The lowest BCUT2D eigenvalue weighted by Gasteiger charge is -2.23. The summed E-state index contributed by atoms with van der Waals surface area (Å²) in [6.45, 7) is 1.95. The normalized spacial score (nSPS) is 14.1. The van der Waals surface area contributed by atoms with Crippen LogP contribution in [0.5, 0.6) is 5.75 Å². The van der Waals surface area contributed by atoms with Gasteiger partial charge in [0.1, 0.15) is 17.6 Å². The number of hydrogen-bond acceptors (Lipinski definition) is 4. The number of rotatable bonds is 6. The van der Waals surface area contributed by atoms with Gasteiger partial charge in [0.2, 0.25) is 0 Å². The van der Waals surface area contributed by atoms with Gasteiger partial charge in [-0.2, -0.15) is 0 Å². The minimum atomic E-state index is -0.117. The van der Waals surface area contributed by atoms with Crippen molar-refractivity contribution < 1.29 is 9.15 Å². The van der Waals surface area contributed by atoms with E-state index in [1.807, 2.05) is 31.2 Å². The lowest BCUT2D eigenvalue weighted by Crippen LogP contribution is -2.46. The molecule has 1 aromatic heterocycles. The highest BCUT2D eigenvalue weighted by atomic mass is 35.5. The Bertz CT molecular complexity index is 502. The van der Waals surface area contributed by atoms with Crippen molar-refractivity contribution in [3.8, 4) is 5.75 Å². The highest BCUT2D eigenvalue weighted by Crippen LogP contribution is 2.19. The quantitative estimate of drug-likeness (QED) is 0.631. The first kappa shape index (κ1) is 13.9. The highest BCUT2D eigenvalue weighted by Gasteiger charge is 2.19. The number of nitrogens with two attached hydrogens (primary N) is 1. The first-order valence-corrected chi connectivity index (χ1v) is 6.47. The third-order valence-electron chi connectivity index (χ3n) is 2.90. The molecule has 0 bridgehead atoms. The van der Waals surface area contributed by atoms with Crippen molar-refractivity contribution in [3.05, 3.63) is 53.4 Å². The van der Waals surface area contributed by atoms with Crippen LogP contribution in [0.15, 0.2) is 47.1 Å². The van der Waals surface area contributed by atoms with E-state index in [0.717, 1.165) is 11.5 Å². The van der Waals surface area contributed by atoms with E-state index >= 15 is 0 Å². The molecule has 3 N–H and O–H groups in total. The number of nitrogens with one attached hydrogen (secondary N) is 1. The van der Waals surface area contributed by atoms with E-state index in [0.29, 0.717) is 11.4 Å². The predicted octanol–water partition coefficient (Wildman–Crippen LogP) is 2.77. The topological polar surface area (TPSA) is 60.4 Å². The minimum absolute atomic E-state index is 0.0508. The molecule has 0 radical (unpaired) electrons. The van der Waals surface area contributed by atoms with E-state index in [2.05, 4.69) is 5.43 Å².